The van der Waals surface area contributed by atoms with Gasteiger partial charge in [0.2, 0.25) is 0 Å². The number of piperazine rings is 1. The number of methoxy groups -OCH3 is 1. The number of halogens is 2. The van der Waals surface area contributed by atoms with Crippen molar-refractivity contribution in [3.63, 3.8) is 0 Å². The lowest BCUT2D eigenvalue weighted by atomic mass is 10.2. The van der Waals surface area contributed by atoms with Crippen molar-refractivity contribution in [3.05, 3.63) is 34.1 Å². The molecule has 1 aliphatic rings. The van der Waals surface area contributed by atoms with Crippen molar-refractivity contribution in [2.45, 2.75) is 13.0 Å². The smallest absolute Gasteiger partial charge is 0.306 e. The molecule has 0 radical (unpaired) electrons. The average Bonchev–Trinajstić information content (AvgIpc) is 2.50. The number of hydrogen-bond acceptors (Lipinski definition) is 4. The van der Waals surface area contributed by atoms with E-state index in [1.54, 1.807) is 12.1 Å². The molecule has 0 aliphatic carbocycles. The van der Waals surface area contributed by atoms with Crippen molar-refractivity contribution < 1.29 is 13.9 Å². The molecule has 1 aliphatic heterocycles. The molecule has 1 aromatic rings. The van der Waals surface area contributed by atoms with Crippen LogP contribution >= 0.6 is 15.9 Å². The monoisotopic (exact) mass is 358 g/mol. The van der Waals surface area contributed by atoms with Crippen molar-refractivity contribution in [1.29, 1.82) is 0 Å². The minimum Gasteiger partial charge on any atom is -0.469 e. The number of carbonyl (C=O) groups is 1. The van der Waals surface area contributed by atoms with Crippen LogP contribution in [0, 0.1) is 5.82 Å². The summed E-state index contributed by atoms with van der Waals surface area (Å²) in [6.45, 7) is 5.16. The molecular weight excluding hydrogens is 339 g/mol. The van der Waals surface area contributed by atoms with Crippen LogP contribution in [0.4, 0.5) is 4.39 Å². The van der Waals surface area contributed by atoms with Gasteiger partial charge in [0.05, 0.1) is 13.5 Å². The van der Waals surface area contributed by atoms with E-state index in [2.05, 4.69) is 30.5 Å². The molecule has 6 heteroatoms. The van der Waals surface area contributed by atoms with Crippen LogP contribution in [0.25, 0.3) is 0 Å². The quantitative estimate of drug-likeness (QED) is 0.756. The molecule has 116 valence electrons. The molecule has 0 amide bonds. The second-order valence-corrected chi connectivity index (χ2v) is 6.03. The molecule has 0 atom stereocenters. The summed E-state index contributed by atoms with van der Waals surface area (Å²) in [6, 6.07) is 4.78. The fraction of sp³-hybridized carbons (Fsp3) is 0.533. The molecule has 1 aromatic carbocycles. The van der Waals surface area contributed by atoms with Crippen LogP contribution in [0.2, 0.25) is 0 Å². The van der Waals surface area contributed by atoms with Crippen molar-refractivity contribution >= 4 is 21.9 Å². The summed E-state index contributed by atoms with van der Waals surface area (Å²) in [7, 11) is 1.41. The van der Waals surface area contributed by atoms with Gasteiger partial charge in [-0.1, -0.05) is 15.9 Å². The zero-order chi connectivity index (χ0) is 15.2. The molecule has 0 spiro atoms. The van der Waals surface area contributed by atoms with E-state index in [4.69, 9.17) is 0 Å². The molecule has 0 N–H and O–H groups in total. The maximum atomic E-state index is 13.3. The molecule has 2 rings (SSSR count). The number of benzene rings is 1. The Hall–Kier alpha value is -0.980. The van der Waals surface area contributed by atoms with Gasteiger partial charge >= 0.3 is 5.97 Å². The maximum absolute atomic E-state index is 13.3. The summed E-state index contributed by atoms with van der Waals surface area (Å²) < 4.78 is 18.9. The number of rotatable bonds is 5. The first kappa shape index (κ1) is 16.4. The standard InChI is InChI=1S/C15H20BrFN2O2/c1-21-15(20)4-5-18-6-8-19(9-7-18)11-12-10-13(17)2-3-14(12)16/h2-3,10H,4-9,11H2,1H3. The summed E-state index contributed by atoms with van der Waals surface area (Å²) in [5.41, 5.74) is 0.970. The van der Waals surface area contributed by atoms with E-state index in [0.717, 1.165) is 49.3 Å². The second kappa shape index (κ2) is 7.87. The summed E-state index contributed by atoms with van der Waals surface area (Å²) in [5.74, 6) is -0.369. The summed E-state index contributed by atoms with van der Waals surface area (Å²) in [5, 5.41) is 0. The Labute approximate surface area is 133 Å². The lowest BCUT2D eigenvalue weighted by molar-refractivity contribution is -0.141. The van der Waals surface area contributed by atoms with Crippen molar-refractivity contribution in [2.24, 2.45) is 0 Å². The van der Waals surface area contributed by atoms with Crippen LogP contribution < -0.4 is 0 Å². The Morgan fingerprint density at radius 1 is 1.29 bits per heavy atom. The fourth-order valence-electron chi connectivity index (χ4n) is 2.43. The van der Waals surface area contributed by atoms with Gasteiger partial charge in [0, 0.05) is 43.7 Å². The predicted octanol–water partition coefficient (Wildman–Crippen LogP) is 2.27. The van der Waals surface area contributed by atoms with Crippen LogP contribution in [0.15, 0.2) is 22.7 Å². The zero-order valence-electron chi connectivity index (χ0n) is 12.1. The van der Waals surface area contributed by atoms with E-state index in [1.165, 1.54) is 13.2 Å². The van der Waals surface area contributed by atoms with Gasteiger partial charge in [0.1, 0.15) is 5.82 Å². The molecule has 0 bridgehead atoms. The molecule has 0 unspecified atom stereocenters. The number of esters is 1. The van der Waals surface area contributed by atoms with Gasteiger partial charge in [-0.05, 0) is 23.8 Å². The normalized spacial score (nSPS) is 16.9. The first-order chi connectivity index (χ1) is 10.1. The van der Waals surface area contributed by atoms with Crippen LogP contribution in [0.3, 0.4) is 0 Å². The van der Waals surface area contributed by atoms with Gasteiger partial charge < -0.3 is 9.64 Å². The largest absolute Gasteiger partial charge is 0.469 e. The Kier molecular flexibility index (Phi) is 6.14. The third kappa shape index (κ3) is 5.05. The van der Waals surface area contributed by atoms with Crippen LogP contribution in [-0.4, -0.2) is 55.6 Å². The molecule has 1 fully saturated rings. The van der Waals surface area contributed by atoms with Crippen LogP contribution in [-0.2, 0) is 16.1 Å². The predicted molar refractivity (Wildman–Crippen MR) is 82.5 cm³/mol. The van der Waals surface area contributed by atoms with E-state index in [-0.39, 0.29) is 11.8 Å². The van der Waals surface area contributed by atoms with Gasteiger partial charge in [-0.25, -0.2) is 4.39 Å². The lowest BCUT2D eigenvalue weighted by Crippen LogP contribution is -2.46. The van der Waals surface area contributed by atoms with Crippen molar-refractivity contribution in [3.8, 4) is 0 Å². The number of nitrogens with zero attached hydrogens (tertiary/aromatic N) is 2. The second-order valence-electron chi connectivity index (χ2n) is 5.18. The SMILES string of the molecule is COC(=O)CCN1CCN(Cc2cc(F)ccc2Br)CC1. The van der Waals surface area contributed by atoms with Crippen molar-refractivity contribution in [2.75, 3.05) is 39.8 Å². The maximum Gasteiger partial charge on any atom is 0.306 e. The van der Waals surface area contributed by atoms with Gasteiger partial charge in [0.15, 0.2) is 0 Å². The molecule has 0 saturated carbocycles. The number of hydrogen-bond donors (Lipinski definition) is 0. The third-order valence-corrected chi connectivity index (χ3v) is 4.50. The van der Waals surface area contributed by atoms with E-state index in [9.17, 15) is 9.18 Å². The minimum absolute atomic E-state index is 0.166. The Bertz CT molecular complexity index is 491. The summed E-state index contributed by atoms with van der Waals surface area (Å²) in [4.78, 5) is 15.7. The lowest BCUT2D eigenvalue weighted by Gasteiger charge is -2.34. The highest BCUT2D eigenvalue weighted by atomic mass is 79.9. The van der Waals surface area contributed by atoms with E-state index >= 15 is 0 Å². The first-order valence-electron chi connectivity index (χ1n) is 7.04. The highest BCUT2D eigenvalue weighted by Crippen LogP contribution is 2.20. The summed E-state index contributed by atoms with van der Waals surface area (Å²) in [6.07, 6.45) is 0.436. The molecule has 1 saturated heterocycles. The Morgan fingerprint density at radius 2 is 1.95 bits per heavy atom. The van der Waals surface area contributed by atoms with E-state index in [1.807, 2.05) is 0 Å². The fourth-order valence-corrected chi connectivity index (χ4v) is 2.80. The Balaban J connectivity index is 1.79. The van der Waals surface area contributed by atoms with Crippen LogP contribution in [0.1, 0.15) is 12.0 Å². The summed E-state index contributed by atoms with van der Waals surface area (Å²) >= 11 is 3.46. The zero-order valence-corrected chi connectivity index (χ0v) is 13.7. The van der Waals surface area contributed by atoms with Gasteiger partial charge in [-0.3, -0.25) is 9.69 Å². The third-order valence-electron chi connectivity index (χ3n) is 3.73. The van der Waals surface area contributed by atoms with Crippen LogP contribution in [0.5, 0.6) is 0 Å². The molecule has 21 heavy (non-hydrogen) atoms. The highest BCUT2D eigenvalue weighted by molar-refractivity contribution is 9.10. The van der Waals surface area contributed by atoms with Crippen molar-refractivity contribution in [1.82, 2.24) is 9.80 Å². The van der Waals surface area contributed by atoms with E-state index in [0.29, 0.717) is 6.42 Å². The first-order valence-corrected chi connectivity index (χ1v) is 7.83. The van der Waals surface area contributed by atoms with E-state index < -0.39 is 0 Å². The molecule has 4 nitrogen and oxygen atoms in total. The molecular formula is C15H20BrFN2O2. The number of carbonyl (C=O) groups excluding carboxylic acids is 1. The highest BCUT2D eigenvalue weighted by Gasteiger charge is 2.18. The molecule has 1 heterocycles. The van der Waals surface area contributed by atoms with Gasteiger partial charge in [0.25, 0.3) is 0 Å². The average molecular weight is 359 g/mol. The molecule has 0 aromatic heterocycles. The topological polar surface area (TPSA) is 32.8 Å². The minimum atomic E-state index is -0.204. The van der Waals surface area contributed by atoms with Gasteiger partial charge in [-0.2, -0.15) is 0 Å². The number of ether oxygens (including phenoxy) is 1. The van der Waals surface area contributed by atoms with Gasteiger partial charge in [-0.15, -0.1) is 0 Å². The Morgan fingerprint density at radius 3 is 2.62 bits per heavy atom.